The second kappa shape index (κ2) is 14.1. The van der Waals surface area contributed by atoms with E-state index in [1.54, 1.807) is 0 Å². The van der Waals surface area contributed by atoms with Gasteiger partial charge in [-0.15, -0.1) is 0 Å². The van der Waals surface area contributed by atoms with E-state index in [-0.39, 0.29) is 18.0 Å². The average Bonchev–Trinajstić information content (AvgIpc) is 3.44. The van der Waals surface area contributed by atoms with E-state index in [1.165, 1.54) is 11.1 Å². The van der Waals surface area contributed by atoms with Gasteiger partial charge < -0.3 is 30.2 Å². The van der Waals surface area contributed by atoms with Crippen LogP contribution < -0.4 is 15.8 Å². The number of fused-ring (bicyclic) bond motifs is 1. The monoisotopic (exact) mass is 553 g/mol. The molecule has 1 heterocycles. The van der Waals surface area contributed by atoms with Crippen molar-refractivity contribution in [3.63, 3.8) is 0 Å². The molecule has 0 saturated carbocycles. The molecule has 2 atom stereocenters. The minimum Gasteiger partial charge on any atom is -0.491 e. The Kier molecular flexibility index (Phi) is 9.86. The number of rotatable bonds is 13. The molecule has 3 aromatic carbocycles. The third-order valence-corrected chi connectivity index (χ3v) is 7.62. The normalized spacial score (nSPS) is 17.7. The Balaban J connectivity index is 1.17. The molecule has 3 N–H and O–H groups in total. The quantitative estimate of drug-likeness (QED) is 0.272. The maximum absolute atomic E-state index is 13.4. The van der Waals surface area contributed by atoms with Gasteiger partial charge in [0.05, 0.1) is 38.5 Å². The fourth-order valence-corrected chi connectivity index (χ4v) is 5.55. The zero-order valence-electron chi connectivity index (χ0n) is 23.6. The van der Waals surface area contributed by atoms with Crippen LogP contribution in [-0.4, -0.2) is 56.4 Å². The summed E-state index contributed by atoms with van der Waals surface area (Å²) in [4.78, 5) is 15.7. The Bertz CT molecular complexity index is 1350. The molecule has 0 fully saturated rings. The van der Waals surface area contributed by atoms with Gasteiger partial charge in [0.25, 0.3) is 5.91 Å². The molecule has 1 aliphatic heterocycles. The number of benzene rings is 3. The highest BCUT2D eigenvalue weighted by molar-refractivity contribution is 6.05. The highest BCUT2D eigenvalue weighted by Crippen LogP contribution is 2.42. The summed E-state index contributed by atoms with van der Waals surface area (Å²) in [6.45, 7) is 5.22. The SMILES string of the molecule is CC1C(C(=O)Nc2ccc(-c3ccccc3)cc2)=CC=CN1C1CCc2c(OCCOCCOCCN)cccc21. The number of hydrogen-bond acceptors (Lipinski definition) is 6. The van der Waals surface area contributed by atoms with E-state index in [2.05, 4.69) is 47.6 Å². The number of carbonyl (C=O) groups is 1. The van der Waals surface area contributed by atoms with Gasteiger partial charge in [0.15, 0.2) is 0 Å². The molecular formula is C34H39N3O4. The van der Waals surface area contributed by atoms with Crippen molar-refractivity contribution in [1.29, 1.82) is 0 Å². The van der Waals surface area contributed by atoms with Crippen molar-refractivity contribution >= 4 is 11.6 Å². The first kappa shape index (κ1) is 28.6. The Hall–Kier alpha value is -3.91. The molecule has 0 bridgehead atoms. The number of hydrogen-bond donors (Lipinski definition) is 2. The van der Waals surface area contributed by atoms with Gasteiger partial charge in [-0.3, -0.25) is 4.79 Å². The van der Waals surface area contributed by atoms with Gasteiger partial charge in [-0.25, -0.2) is 0 Å². The Labute approximate surface area is 242 Å². The van der Waals surface area contributed by atoms with Crippen molar-refractivity contribution in [2.45, 2.75) is 31.8 Å². The van der Waals surface area contributed by atoms with Gasteiger partial charge in [0, 0.05) is 24.0 Å². The molecule has 0 saturated heterocycles. The number of nitrogens with one attached hydrogen (secondary N) is 1. The van der Waals surface area contributed by atoms with Crippen molar-refractivity contribution in [3.8, 4) is 16.9 Å². The van der Waals surface area contributed by atoms with E-state index in [0.717, 1.165) is 41.0 Å². The lowest BCUT2D eigenvalue weighted by molar-refractivity contribution is -0.113. The summed E-state index contributed by atoms with van der Waals surface area (Å²) in [5, 5.41) is 3.09. The zero-order valence-corrected chi connectivity index (χ0v) is 23.6. The van der Waals surface area contributed by atoms with Gasteiger partial charge in [-0.2, -0.15) is 0 Å². The maximum Gasteiger partial charge on any atom is 0.253 e. The molecule has 41 heavy (non-hydrogen) atoms. The second-order valence-corrected chi connectivity index (χ2v) is 10.2. The molecule has 214 valence electrons. The van der Waals surface area contributed by atoms with Crippen LogP contribution in [0.1, 0.15) is 30.5 Å². The average molecular weight is 554 g/mol. The molecule has 0 radical (unpaired) electrons. The topological polar surface area (TPSA) is 86.1 Å². The van der Waals surface area contributed by atoms with Crippen molar-refractivity contribution in [2.75, 3.05) is 44.9 Å². The van der Waals surface area contributed by atoms with Crippen LogP contribution in [0.2, 0.25) is 0 Å². The number of anilines is 1. The van der Waals surface area contributed by atoms with Crippen LogP contribution in [-0.2, 0) is 20.7 Å². The number of allylic oxidation sites excluding steroid dienone is 2. The van der Waals surface area contributed by atoms with Gasteiger partial charge in [-0.05, 0) is 66.3 Å². The molecule has 0 spiro atoms. The molecule has 7 nitrogen and oxygen atoms in total. The highest BCUT2D eigenvalue weighted by atomic mass is 16.5. The highest BCUT2D eigenvalue weighted by Gasteiger charge is 2.34. The lowest BCUT2D eigenvalue weighted by Gasteiger charge is -2.37. The zero-order chi connectivity index (χ0) is 28.4. The molecule has 2 aliphatic rings. The number of nitrogens with two attached hydrogens (primary N) is 1. The largest absolute Gasteiger partial charge is 0.491 e. The number of ether oxygens (including phenoxy) is 3. The van der Waals surface area contributed by atoms with Crippen LogP contribution in [0.5, 0.6) is 5.75 Å². The van der Waals surface area contributed by atoms with E-state index in [0.29, 0.717) is 39.6 Å². The third kappa shape index (κ3) is 7.06. The van der Waals surface area contributed by atoms with Crippen LogP contribution in [0.25, 0.3) is 11.1 Å². The van der Waals surface area contributed by atoms with E-state index in [4.69, 9.17) is 19.9 Å². The van der Waals surface area contributed by atoms with Crippen molar-refractivity contribution in [3.05, 3.63) is 108 Å². The fraction of sp³-hybridized carbons (Fsp3) is 0.324. The molecule has 1 aliphatic carbocycles. The van der Waals surface area contributed by atoms with Gasteiger partial charge in [0.1, 0.15) is 12.4 Å². The first-order valence-corrected chi connectivity index (χ1v) is 14.4. The fourth-order valence-electron chi connectivity index (χ4n) is 5.55. The van der Waals surface area contributed by atoms with E-state index >= 15 is 0 Å². The van der Waals surface area contributed by atoms with E-state index in [1.807, 2.05) is 60.7 Å². The van der Waals surface area contributed by atoms with E-state index < -0.39 is 0 Å². The third-order valence-electron chi connectivity index (χ3n) is 7.62. The van der Waals surface area contributed by atoms with Crippen LogP contribution in [0.4, 0.5) is 5.69 Å². The second-order valence-electron chi connectivity index (χ2n) is 10.2. The molecule has 7 heteroatoms. The van der Waals surface area contributed by atoms with Crippen LogP contribution >= 0.6 is 0 Å². The summed E-state index contributed by atoms with van der Waals surface area (Å²) >= 11 is 0. The number of amides is 1. The minimum atomic E-state index is -0.0805. The molecule has 1 amide bonds. The number of nitrogens with zero attached hydrogens (tertiary/aromatic N) is 1. The smallest absolute Gasteiger partial charge is 0.253 e. The van der Waals surface area contributed by atoms with Gasteiger partial charge in [-0.1, -0.05) is 60.7 Å². The predicted octanol–water partition coefficient (Wildman–Crippen LogP) is 5.49. The standard InChI is InChI=1S/C34H39N3O4/c1-25-29(34(38)36-28-14-12-27(13-15-28)26-7-3-2-4-8-26)10-6-19-37(25)32-17-16-31-30(32)9-5-11-33(31)41-24-23-40-22-21-39-20-18-35/h2-15,19,25,32H,16-18,20-24,35H2,1H3,(H,36,38). The molecule has 3 aromatic rings. The molecule has 0 aromatic heterocycles. The Morgan fingerprint density at radius 1 is 0.902 bits per heavy atom. The Morgan fingerprint density at radius 3 is 2.41 bits per heavy atom. The minimum absolute atomic E-state index is 0.0704. The summed E-state index contributed by atoms with van der Waals surface area (Å²) < 4.78 is 17.0. The molecular weight excluding hydrogens is 514 g/mol. The number of carbonyl (C=O) groups excluding carboxylic acids is 1. The first-order valence-electron chi connectivity index (χ1n) is 14.4. The lowest BCUT2D eigenvalue weighted by Crippen LogP contribution is -2.38. The van der Waals surface area contributed by atoms with Crippen molar-refractivity contribution < 1.29 is 19.0 Å². The van der Waals surface area contributed by atoms with Crippen LogP contribution in [0, 0.1) is 0 Å². The van der Waals surface area contributed by atoms with Crippen molar-refractivity contribution in [2.24, 2.45) is 5.73 Å². The maximum atomic E-state index is 13.4. The molecule has 5 rings (SSSR count). The molecule has 2 unspecified atom stereocenters. The van der Waals surface area contributed by atoms with Gasteiger partial charge >= 0.3 is 0 Å². The van der Waals surface area contributed by atoms with Gasteiger partial charge in [0.2, 0.25) is 0 Å². The summed E-state index contributed by atoms with van der Waals surface area (Å²) in [5.41, 5.74) is 11.7. The Morgan fingerprint density at radius 2 is 1.63 bits per heavy atom. The predicted molar refractivity (Wildman–Crippen MR) is 163 cm³/mol. The van der Waals surface area contributed by atoms with Crippen LogP contribution in [0.3, 0.4) is 0 Å². The van der Waals surface area contributed by atoms with E-state index in [9.17, 15) is 4.79 Å². The summed E-state index contributed by atoms with van der Waals surface area (Å²) in [5.74, 6) is 0.831. The van der Waals surface area contributed by atoms with Crippen LogP contribution in [0.15, 0.2) is 96.7 Å². The lowest BCUT2D eigenvalue weighted by atomic mass is 9.98. The summed E-state index contributed by atoms with van der Waals surface area (Å²) in [7, 11) is 0. The summed E-state index contributed by atoms with van der Waals surface area (Å²) in [6, 6.07) is 24.6. The van der Waals surface area contributed by atoms with Crippen molar-refractivity contribution in [1.82, 2.24) is 4.90 Å². The first-order chi connectivity index (χ1) is 20.2. The summed E-state index contributed by atoms with van der Waals surface area (Å²) in [6.07, 6.45) is 7.89.